The minimum atomic E-state index is -0.579. The van der Waals surface area contributed by atoms with Crippen LogP contribution in [0.4, 0.5) is 0 Å². The van der Waals surface area contributed by atoms with E-state index in [1.807, 2.05) is 0 Å². The highest BCUT2D eigenvalue weighted by Gasteiger charge is 2.14. The molecule has 0 heterocycles. The molecule has 0 aromatic carbocycles. The van der Waals surface area contributed by atoms with Gasteiger partial charge >= 0.3 is 0 Å². The zero-order chi connectivity index (χ0) is 9.56. The topological polar surface area (TPSA) is 43.7 Å². The van der Waals surface area contributed by atoms with Crippen LogP contribution < -0.4 is 0 Å². The molecule has 12 heavy (non-hydrogen) atoms. The quantitative estimate of drug-likeness (QED) is 0.330. The van der Waals surface area contributed by atoms with Crippen LogP contribution in [-0.4, -0.2) is 39.9 Å². The number of hydrogen-bond acceptors (Lipinski definition) is 4. The molecule has 74 valence electrons. The van der Waals surface area contributed by atoms with Gasteiger partial charge < -0.3 is 10.2 Å². The third-order valence-corrected chi connectivity index (χ3v) is 2.10. The Kier molecular flexibility index (Phi) is 6.84. The van der Waals surface area contributed by atoms with Gasteiger partial charge in [0.15, 0.2) is 0 Å². The molecular weight excluding hydrogens is 174 g/mol. The maximum atomic E-state index is 9.23. The molecule has 0 rings (SSSR count). The van der Waals surface area contributed by atoms with E-state index in [9.17, 15) is 10.2 Å². The molecule has 3 nitrogen and oxygen atoms in total. The lowest BCUT2D eigenvalue weighted by Gasteiger charge is -2.27. The number of aliphatic hydroxyl groups is 2. The van der Waals surface area contributed by atoms with E-state index in [1.165, 1.54) is 0 Å². The van der Waals surface area contributed by atoms with Gasteiger partial charge in [0.05, 0.1) is 0 Å². The molecule has 0 saturated heterocycles. The van der Waals surface area contributed by atoms with Gasteiger partial charge in [0.25, 0.3) is 0 Å². The van der Waals surface area contributed by atoms with E-state index < -0.39 is 12.5 Å². The monoisotopic (exact) mass is 193 g/mol. The van der Waals surface area contributed by atoms with Crippen molar-refractivity contribution in [3.05, 3.63) is 0 Å². The van der Waals surface area contributed by atoms with Gasteiger partial charge in [0.2, 0.25) is 0 Å². The Bertz CT molecular complexity index is 101. The summed E-state index contributed by atoms with van der Waals surface area (Å²) in [5.41, 5.74) is 0. The van der Waals surface area contributed by atoms with Crippen molar-refractivity contribution in [2.45, 2.75) is 39.1 Å². The van der Waals surface area contributed by atoms with Gasteiger partial charge in [0, 0.05) is 6.54 Å². The normalized spacial score (nSPS) is 16.5. The Morgan fingerprint density at radius 3 is 2.00 bits per heavy atom. The van der Waals surface area contributed by atoms with E-state index in [-0.39, 0.29) is 0 Å². The Hall–Kier alpha value is 0.230. The molecular formula is C8H19NO2S. The minimum Gasteiger partial charge on any atom is -0.379 e. The number of nitrogens with zero attached hydrogens (tertiary/aromatic N) is 1. The molecule has 0 spiro atoms. The zero-order valence-electron chi connectivity index (χ0n) is 7.77. The highest BCUT2D eigenvalue weighted by molar-refractivity contribution is 7.80. The van der Waals surface area contributed by atoms with E-state index in [0.29, 0.717) is 0 Å². The SMILES string of the molecule is CC(O)N(CCCCS)C(C)O. The fourth-order valence-electron chi connectivity index (χ4n) is 1.09. The van der Waals surface area contributed by atoms with Gasteiger partial charge in [-0.2, -0.15) is 12.6 Å². The minimum absolute atomic E-state index is 0.579. The Morgan fingerprint density at radius 2 is 1.67 bits per heavy atom. The number of aliphatic hydroxyl groups excluding tert-OH is 2. The largest absolute Gasteiger partial charge is 0.379 e. The lowest BCUT2D eigenvalue weighted by atomic mass is 10.3. The van der Waals surface area contributed by atoms with Gasteiger partial charge in [-0.3, -0.25) is 4.90 Å². The summed E-state index contributed by atoms with van der Waals surface area (Å²) >= 11 is 4.08. The van der Waals surface area contributed by atoms with Gasteiger partial charge in [-0.05, 0) is 32.4 Å². The van der Waals surface area contributed by atoms with Crippen LogP contribution in [0.3, 0.4) is 0 Å². The van der Waals surface area contributed by atoms with Crippen LogP contribution in [-0.2, 0) is 0 Å². The van der Waals surface area contributed by atoms with Crippen molar-refractivity contribution >= 4 is 12.6 Å². The first kappa shape index (κ1) is 12.2. The molecule has 0 aliphatic carbocycles. The van der Waals surface area contributed by atoms with E-state index in [2.05, 4.69) is 12.6 Å². The average molecular weight is 193 g/mol. The zero-order valence-corrected chi connectivity index (χ0v) is 8.67. The van der Waals surface area contributed by atoms with Crippen molar-refractivity contribution in [2.75, 3.05) is 12.3 Å². The summed E-state index contributed by atoms with van der Waals surface area (Å²) in [6, 6.07) is 0. The summed E-state index contributed by atoms with van der Waals surface area (Å²) in [5, 5.41) is 18.5. The summed E-state index contributed by atoms with van der Waals surface area (Å²) < 4.78 is 0. The predicted octanol–water partition coefficient (Wildman–Crippen LogP) is 0.675. The van der Waals surface area contributed by atoms with Crippen LogP contribution in [0.25, 0.3) is 0 Å². The van der Waals surface area contributed by atoms with Crippen LogP contribution in [0.1, 0.15) is 26.7 Å². The maximum absolute atomic E-state index is 9.23. The molecule has 0 bridgehead atoms. The highest BCUT2D eigenvalue weighted by Crippen LogP contribution is 2.04. The third kappa shape index (κ3) is 4.98. The van der Waals surface area contributed by atoms with Crippen molar-refractivity contribution in [3.8, 4) is 0 Å². The van der Waals surface area contributed by atoms with Gasteiger partial charge in [-0.15, -0.1) is 0 Å². The molecule has 0 radical (unpaired) electrons. The molecule has 0 aliphatic heterocycles. The summed E-state index contributed by atoms with van der Waals surface area (Å²) in [6.07, 6.45) is 0.813. The molecule has 0 fully saturated rings. The third-order valence-electron chi connectivity index (χ3n) is 1.78. The smallest absolute Gasteiger partial charge is 0.106 e. The molecule has 0 saturated carbocycles. The van der Waals surface area contributed by atoms with Gasteiger partial charge in [-0.1, -0.05) is 0 Å². The Labute approximate surface area is 79.8 Å². The lowest BCUT2D eigenvalue weighted by Crippen LogP contribution is -2.40. The second-order valence-electron chi connectivity index (χ2n) is 2.93. The fraction of sp³-hybridized carbons (Fsp3) is 1.00. The van der Waals surface area contributed by atoms with Crippen molar-refractivity contribution in [2.24, 2.45) is 0 Å². The molecule has 2 unspecified atom stereocenters. The first-order chi connectivity index (χ1) is 5.59. The summed E-state index contributed by atoms with van der Waals surface area (Å²) in [7, 11) is 0. The van der Waals surface area contributed by atoms with Gasteiger partial charge in [0.1, 0.15) is 12.5 Å². The van der Waals surface area contributed by atoms with E-state index in [1.54, 1.807) is 18.7 Å². The number of hydrogen-bond donors (Lipinski definition) is 3. The average Bonchev–Trinajstić information content (AvgIpc) is 1.96. The summed E-state index contributed by atoms with van der Waals surface area (Å²) in [4.78, 5) is 1.64. The molecule has 0 amide bonds. The Balaban J connectivity index is 3.64. The van der Waals surface area contributed by atoms with Crippen molar-refractivity contribution in [1.29, 1.82) is 0 Å². The summed E-state index contributed by atoms with van der Waals surface area (Å²) in [5.74, 6) is 0.855. The standard InChI is InChI=1S/C8H19NO2S/c1-7(10)9(8(2)11)5-3-4-6-12/h7-8,10-12H,3-6H2,1-2H3. The van der Waals surface area contributed by atoms with Crippen LogP contribution in [0.15, 0.2) is 0 Å². The second-order valence-corrected chi connectivity index (χ2v) is 3.38. The first-order valence-electron chi connectivity index (χ1n) is 4.32. The molecule has 0 aromatic rings. The second kappa shape index (κ2) is 6.71. The van der Waals surface area contributed by atoms with Crippen molar-refractivity contribution in [3.63, 3.8) is 0 Å². The number of thiol groups is 1. The van der Waals surface area contributed by atoms with Crippen LogP contribution in [0.5, 0.6) is 0 Å². The van der Waals surface area contributed by atoms with Crippen molar-refractivity contribution in [1.82, 2.24) is 4.90 Å². The van der Waals surface area contributed by atoms with Crippen LogP contribution >= 0.6 is 12.6 Å². The van der Waals surface area contributed by atoms with E-state index in [4.69, 9.17) is 0 Å². The lowest BCUT2D eigenvalue weighted by molar-refractivity contribution is -0.0842. The summed E-state index contributed by atoms with van der Waals surface area (Å²) in [6.45, 7) is 4.04. The van der Waals surface area contributed by atoms with E-state index in [0.717, 1.165) is 25.1 Å². The molecule has 0 aliphatic rings. The van der Waals surface area contributed by atoms with Crippen LogP contribution in [0, 0.1) is 0 Å². The number of unbranched alkanes of at least 4 members (excludes halogenated alkanes) is 1. The first-order valence-corrected chi connectivity index (χ1v) is 4.95. The molecule has 2 atom stereocenters. The van der Waals surface area contributed by atoms with E-state index >= 15 is 0 Å². The maximum Gasteiger partial charge on any atom is 0.106 e. The predicted molar refractivity (Wildman–Crippen MR) is 53.2 cm³/mol. The van der Waals surface area contributed by atoms with Gasteiger partial charge in [-0.25, -0.2) is 0 Å². The van der Waals surface area contributed by atoms with Crippen LogP contribution in [0.2, 0.25) is 0 Å². The van der Waals surface area contributed by atoms with Crippen molar-refractivity contribution < 1.29 is 10.2 Å². The fourth-order valence-corrected chi connectivity index (χ4v) is 1.32. The molecule has 2 N–H and O–H groups in total. The molecule has 4 heteroatoms. The molecule has 0 aromatic heterocycles. The number of rotatable bonds is 6. The Morgan fingerprint density at radius 1 is 1.17 bits per heavy atom. The highest BCUT2D eigenvalue weighted by atomic mass is 32.1.